The lowest BCUT2D eigenvalue weighted by Gasteiger charge is -2.27. The Morgan fingerprint density at radius 2 is 1.56 bits per heavy atom. The highest BCUT2D eigenvalue weighted by Crippen LogP contribution is 2.54. The van der Waals surface area contributed by atoms with E-state index < -0.39 is 83.6 Å². The molecule has 0 amide bonds. The molecular weight excluding hydrogens is 621 g/mol. The summed E-state index contributed by atoms with van der Waals surface area (Å²) in [4.78, 5) is 47.5. The van der Waals surface area contributed by atoms with E-state index in [-0.39, 0.29) is 11.2 Å². The van der Waals surface area contributed by atoms with E-state index >= 15 is 4.39 Å². The summed E-state index contributed by atoms with van der Waals surface area (Å²) >= 11 is 0. The van der Waals surface area contributed by atoms with Crippen LogP contribution in [0.1, 0.15) is 12.5 Å². The number of aliphatic hydroxyl groups excluding tert-OH is 1. The molecule has 3 aliphatic heterocycles. The van der Waals surface area contributed by atoms with Gasteiger partial charge in [0.1, 0.15) is 30.5 Å². The van der Waals surface area contributed by atoms with Crippen molar-refractivity contribution >= 4 is 37.8 Å². The first-order chi connectivity index (χ1) is 20.5. The largest absolute Gasteiger partial charge is 0.472 e. The molecule has 0 aliphatic carbocycles. The van der Waals surface area contributed by atoms with Gasteiger partial charge >= 0.3 is 15.6 Å². The molecule has 0 radical (unpaired) electrons. The van der Waals surface area contributed by atoms with Crippen molar-refractivity contribution in [3.05, 3.63) is 53.6 Å². The van der Waals surface area contributed by atoms with E-state index in [0.29, 0.717) is 11.0 Å². The van der Waals surface area contributed by atoms with Gasteiger partial charge in [-0.15, -0.1) is 0 Å². The van der Waals surface area contributed by atoms with Gasteiger partial charge in [-0.05, 0) is 12.1 Å². The number of H-pyrrole nitrogens is 1. The van der Waals surface area contributed by atoms with E-state index in [1.54, 1.807) is 24.3 Å². The summed E-state index contributed by atoms with van der Waals surface area (Å²) in [5, 5.41) is 11.1. The molecule has 4 aromatic rings. The quantitative estimate of drug-likeness (QED) is 0.220. The van der Waals surface area contributed by atoms with E-state index in [0.717, 1.165) is 17.2 Å². The van der Waals surface area contributed by atoms with Crippen LogP contribution in [-0.2, 0) is 36.7 Å². The Balaban J connectivity index is 1.17. The SMILES string of the molecule is O=c1[nH]cnc2c1ncn2[C@@H]1O[C@@H]2COP(=O)(O)OC3C(O)[C@H](n4cnc5ccccc54)O[C@@H]3COP(=O)(O)OC2C1F. The summed E-state index contributed by atoms with van der Waals surface area (Å²) in [5.41, 5.74) is 0.339. The van der Waals surface area contributed by atoms with E-state index in [1.165, 1.54) is 10.9 Å². The number of para-hydroxylation sites is 2. The van der Waals surface area contributed by atoms with E-state index in [4.69, 9.17) is 27.6 Å². The second-order valence-electron chi connectivity index (χ2n) is 9.93. The van der Waals surface area contributed by atoms with Crippen molar-refractivity contribution in [2.45, 2.75) is 49.1 Å². The number of hydrogen-bond acceptors (Lipinski definition) is 13. The van der Waals surface area contributed by atoms with Crippen LogP contribution < -0.4 is 5.56 Å². The molecule has 7 rings (SSSR count). The summed E-state index contributed by atoms with van der Waals surface area (Å²) in [6, 6.07) is 6.91. The molecule has 6 heterocycles. The van der Waals surface area contributed by atoms with Gasteiger partial charge in [0.05, 0.1) is 43.2 Å². The van der Waals surface area contributed by atoms with Crippen LogP contribution in [0.5, 0.6) is 0 Å². The summed E-state index contributed by atoms with van der Waals surface area (Å²) in [6.07, 6.45) is -9.49. The van der Waals surface area contributed by atoms with Crippen molar-refractivity contribution in [1.29, 1.82) is 0 Å². The molecule has 21 heteroatoms. The van der Waals surface area contributed by atoms with Crippen molar-refractivity contribution in [1.82, 2.24) is 29.1 Å². The Morgan fingerprint density at radius 3 is 2.33 bits per heavy atom. The van der Waals surface area contributed by atoms with Gasteiger partial charge in [-0.2, -0.15) is 0 Å². The summed E-state index contributed by atoms with van der Waals surface area (Å²) in [6.45, 7) is -1.64. The highest BCUT2D eigenvalue weighted by atomic mass is 31.2. The Labute approximate surface area is 239 Å². The Hall–Kier alpha value is -2.93. The Bertz CT molecular complexity index is 1830. The van der Waals surface area contributed by atoms with Crippen molar-refractivity contribution in [2.75, 3.05) is 13.2 Å². The lowest BCUT2D eigenvalue weighted by atomic mass is 10.1. The number of nitrogens with one attached hydrogen (secondary N) is 1. The molecule has 1 aromatic carbocycles. The first kappa shape index (κ1) is 28.8. The van der Waals surface area contributed by atoms with Crippen LogP contribution in [0.25, 0.3) is 22.2 Å². The monoisotopic (exact) mass is 644 g/mol. The smallest absolute Gasteiger partial charge is 0.386 e. The molecule has 3 aliphatic rings. The van der Waals surface area contributed by atoms with E-state index in [9.17, 15) is 28.8 Å². The number of phosphoric acid groups is 2. The van der Waals surface area contributed by atoms with Crippen LogP contribution in [0.15, 0.2) is 48.0 Å². The van der Waals surface area contributed by atoms with Gasteiger partial charge in [-0.1, -0.05) is 12.1 Å². The maximum Gasteiger partial charge on any atom is 0.472 e. The van der Waals surface area contributed by atoms with Crippen molar-refractivity contribution in [2.24, 2.45) is 0 Å². The second kappa shape index (κ2) is 10.6. The fraction of sp³-hybridized carbons (Fsp3) is 0.455. The molecule has 3 fully saturated rings. The number of aliphatic hydroxyl groups is 1. The predicted octanol–water partition coefficient (Wildman–Crippen LogP) is 0.681. The zero-order valence-electron chi connectivity index (χ0n) is 21.6. The Kier molecular flexibility index (Phi) is 7.11. The first-order valence-electron chi connectivity index (χ1n) is 12.8. The van der Waals surface area contributed by atoms with Crippen molar-refractivity contribution in [3.63, 3.8) is 0 Å². The standard InChI is InChI=1S/C22H23FN6O12P2/c23-14-17-12(38-21(14)29-9-27-15-19(29)24-7-25-20(15)31)5-36-43(34,35)41-18-13(6-37-42(32,33)40-17)39-22(16(18)30)28-8-26-10-3-1-2-4-11(10)28/h1-4,7-9,12-14,16-18,21-22,30H,5-6H2,(H,32,33)(H,34,35)(H,24,25,31)/t12-,13-,14?,16?,17?,18?,21-,22-/m1/s1. The number of alkyl halides is 1. The summed E-state index contributed by atoms with van der Waals surface area (Å²) in [5.74, 6) is 0. The number of fused-ring (bicyclic) bond motifs is 4. The van der Waals surface area contributed by atoms with E-state index in [2.05, 4.69) is 19.9 Å². The normalized spacial score (nSPS) is 38.9. The third-order valence-electron chi connectivity index (χ3n) is 7.28. The maximum atomic E-state index is 15.8. The van der Waals surface area contributed by atoms with Gasteiger partial charge in [0.15, 0.2) is 29.8 Å². The van der Waals surface area contributed by atoms with Crippen LogP contribution in [0, 0.1) is 0 Å². The Morgan fingerprint density at radius 1 is 0.907 bits per heavy atom. The van der Waals surface area contributed by atoms with Gasteiger partial charge in [0.25, 0.3) is 5.56 Å². The molecular formula is C22H23FN6O12P2. The number of benzene rings is 1. The molecule has 3 saturated heterocycles. The number of halogens is 1. The van der Waals surface area contributed by atoms with Crippen molar-refractivity contribution in [3.8, 4) is 0 Å². The average Bonchev–Trinajstić information content (AvgIpc) is 3.72. The lowest BCUT2D eigenvalue weighted by molar-refractivity contribution is -0.0662. The van der Waals surface area contributed by atoms with Crippen LogP contribution in [0.4, 0.5) is 4.39 Å². The number of rotatable bonds is 2. The van der Waals surface area contributed by atoms with Crippen LogP contribution in [0.2, 0.25) is 0 Å². The number of imidazole rings is 2. The van der Waals surface area contributed by atoms with Gasteiger partial charge in [0.2, 0.25) is 0 Å². The molecule has 10 atom stereocenters. The van der Waals surface area contributed by atoms with Crippen LogP contribution in [0.3, 0.4) is 0 Å². The molecule has 18 nitrogen and oxygen atoms in total. The summed E-state index contributed by atoms with van der Waals surface area (Å²) in [7, 11) is -10.1. The van der Waals surface area contributed by atoms with Crippen molar-refractivity contribution < 1.29 is 56.0 Å². The molecule has 3 aromatic heterocycles. The minimum Gasteiger partial charge on any atom is -0.386 e. The van der Waals surface area contributed by atoms with Gasteiger partial charge in [-0.3, -0.25) is 27.5 Å². The number of ether oxygens (including phenoxy) is 2. The molecule has 6 unspecified atom stereocenters. The van der Waals surface area contributed by atoms with Gasteiger partial charge in [0, 0.05) is 0 Å². The van der Waals surface area contributed by atoms with Gasteiger partial charge in [-0.25, -0.2) is 28.5 Å². The second-order valence-corrected chi connectivity index (χ2v) is 12.7. The number of phosphoric ester groups is 2. The minimum atomic E-state index is -5.06. The predicted molar refractivity (Wildman–Crippen MR) is 138 cm³/mol. The molecule has 0 bridgehead atoms. The number of aromatic nitrogens is 6. The number of aromatic amines is 1. The maximum absolute atomic E-state index is 15.8. The minimum absolute atomic E-state index is 0.0617. The first-order valence-corrected chi connectivity index (χ1v) is 15.8. The zero-order valence-corrected chi connectivity index (χ0v) is 23.4. The fourth-order valence-corrected chi connectivity index (χ4v) is 7.25. The fourth-order valence-electron chi connectivity index (χ4n) is 5.33. The number of hydrogen-bond donors (Lipinski definition) is 4. The highest BCUT2D eigenvalue weighted by Gasteiger charge is 2.54. The lowest BCUT2D eigenvalue weighted by Crippen LogP contribution is -2.38. The molecule has 4 N–H and O–H groups in total. The van der Waals surface area contributed by atoms with Gasteiger partial charge < -0.3 is 33.9 Å². The molecule has 0 saturated carbocycles. The van der Waals surface area contributed by atoms with E-state index in [1.807, 2.05) is 0 Å². The third kappa shape index (κ3) is 5.15. The zero-order chi connectivity index (χ0) is 30.1. The molecule has 43 heavy (non-hydrogen) atoms. The van der Waals surface area contributed by atoms with Crippen LogP contribution in [-0.4, -0.2) is 93.9 Å². The number of nitrogens with zero attached hydrogens (tertiary/aromatic N) is 5. The average molecular weight is 644 g/mol. The highest BCUT2D eigenvalue weighted by molar-refractivity contribution is 7.47. The molecule has 0 spiro atoms. The molecule has 230 valence electrons. The topological polar surface area (TPSA) is 232 Å². The third-order valence-corrected chi connectivity index (χ3v) is 9.26. The summed E-state index contributed by atoms with van der Waals surface area (Å²) < 4.78 is 76.4. The van der Waals surface area contributed by atoms with Crippen LogP contribution >= 0.6 is 15.6 Å².